The molecular formula is C14H24N4O2. The van der Waals surface area contributed by atoms with Crippen molar-refractivity contribution in [3.05, 3.63) is 11.9 Å². The molecule has 0 radical (unpaired) electrons. The van der Waals surface area contributed by atoms with E-state index in [4.69, 9.17) is 9.47 Å². The highest BCUT2D eigenvalue weighted by Gasteiger charge is 2.14. The highest BCUT2D eigenvalue weighted by atomic mass is 16.5. The van der Waals surface area contributed by atoms with Crippen LogP contribution >= 0.6 is 0 Å². The maximum Gasteiger partial charge on any atom is 0.158 e. The third-order valence-corrected chi connectivity index (χ3v) is 3.20. The first-order chi connectivity index (χ1) is 9.81. The SMILES string of the molecule is CCNc1cc(NCCC2CCCO2)nc(COC)n1. The first kappa shape index (κ1) is 15.0. The van der Waals surface area contributed by atoms with Crippen molar-refractivity contribution in [2.75, 3.05) is 37.4 Å². The largest absolute Gasteiger partial charge is 0.378 e. The van der Waals surface area contributed by atoms with E-state index in [-0.39, 0.29) is 0 Å². The fourth-order valence-corrected chi connectivity index (χ4v) is 2.29. The molecule has 0 aliphatic carbocycles. The van der Waals surface area contributed by atoms with Gasteiger partial charge in [0.2, 0.25) is 0 Å². The molecule has 0 saturated carbocycles. The highest BCUT2D eigenvalue weighted by Crippen LogP contribution is 2.16. The van der Waals surface area contributed by atoms with Gasteiger partial charge in [0.05, 0.1) is 6.10 Å². The van der Waals surface area contributed by atoms with Gasteiger partial charge in [0.15, 0.2) is 5.82 Å². The predicted octanol–water partition coefficient (Wildman–Crippen LogP) is 2.04. The van der Waals surface area contributed by atoms with Crippen molar-refractivity contribution in [3.63, 3.8) is 0 Å². The fraction of sp³-hybridized carbons (Fsp3) is 0.714. The van der Waals surface area contributed by atoms with E-state index < -0.39 is 0 Å². The minimum Gasteiger partial charge on any atom is -0.378 e. The van der Waals surface area contributed by atoms with E-state index in [0.717, 1.165) is 37.8 Å². The van der Waals surface area contributed by atoms with Crippen molar-refractivity contribution in [1.82, 2.24) is 9.97 Å². The van der Waals surface area contributed by atoms with E-state index >= 15 is 0 Å². The molecule has 0 bridgehead atoms. The lowest BCUT2D eigenvalue weighted by Gasteiger charge is -2.12. The molecule has 1 aliphatic heterocycles. The van der Waals surface area contributed by atoms with Crippen molar-refractivity contribution in [2.24, 2.45) is 0 Å². The Labute approximate surface area is 120 Å². The second-order valence-electron chi connectivity index (χ2n) is 4.87. The Morgan fingerprint density at radius 3 is 2.80 bits per heavy atom. The number of nitrogens with one attached hydrogen (secondary N) is 2. The molecule has 20 heavy (non-hydrogen) atoms. The zero-order valence-corrected chi connectivity index (χ0v) is 12.3. The lowest BCUT2D eigenvalue weighted by atomic mass is 10.2. The van der Waals surface area contributed by atoms with Gasteiger partial charge >= 0.3 is 0 Å². The van der Waals surface area contributed by atoms with Crippen molar-refractivity contribution in [2.45, 2.75) is 38.9 Å². The smallest absolute Gasteiger partial charge is 0.158 e. The maximum atomic E-state index is 5.61. The Morgan fingerprint density at radius 1 is 1.35 bits per heavy atom. The van der Waals surface area contributed by atoms with Gasteiger partial charge < -0.3 is 20.1 Å². The molecular weight excluding hydrogens is 256 g/mol. The summed E-state index contributed by atoms with van der Waals surface area (Å²) < 4.78 is 10.7. The molecule has 1 fully saturated rings. The van der Waals surface area contributed by atoms with E-state index in [1.807, 2.05) is 13.0 Å². The first-order valence-electron chi connectivity index (χ1n) is 7.28. The van der Waals surface area contributed by atoms with Crippen molar-refractivity contribution < 1.29 is 9.47 Å². The number of nitrogens with zero attached hydrogens (tertiary/aromatic N) is 2. The third-order valence-electron chi connectivity index (χ3n) is 3.20. The summed E-state index contributed by atoms with van der Waals surface area (Å²) in [6.45, 7) is 5.06. The average molecular weight is 280 g/mol. The van der Waals surface area contributed by atoms with Crippen molar-refractivity contribution in [3.8, 4) is 0 Å². The number of methoxy groups -OCH3 is 1. The maximum absolute atomic E-state index is 5.61. The Bertz CT molecular complexity index is 384. The van der Waals surface area contributed by atoms with Crippen LogP contribution in [0.25, 0.3) is 0 Å². The van der Waals surface area contributed by atoms with Gasteiger partial charge in [0.1, 0.15) is 18.2 Å². The average Bonchev–Trinajstić information content (AvgIpc) is 2.92. The molecule has 1 unspecified atom stereocenters. The minimum absolute atomic E-state index is 0.399. The molecule has 1 atom stereocenters. The summed E-state index contributed by atoms with van der Waals surface area (Å²) in [4.78, 5) is 8.83. The Kier molecular flexibility index (Phi) is 6.01. The lowest BCUT2D eigenvalue weighted by Crippen LogP contribution is -2.14. The summed E-state index contributed by atoms with van der Waals surface area (Å²) >= 11 is 0. The number of anilines is 2. The molecule has 0 spiro atoms. The summed E-state index contributed by atoms with van der Waals surface area (Å²) in [5.74, 6) is 2.35. The van der Waals surface area contributed by atoms with Crippen molar-refractivity contribution >= 4 is 11.6 Å². The quantitative estimate of drug-likeness (QED) is 0.759. The van der Waals surface area contributed by atoms with Crippen LogP contribution in [0.5, 0.6) is 0 Å². The van der Waals surface area contributed by atoms with E-state index in [1.165, 1.54) is 12.8 Å². The Morgan fingerprint density at radius 2 is 2.15 bits per heavy atom. The van der Waals surface area contributed by atoms with Gasteiger partial charge in [0, 0.05) is 32.9 Å². The number of hydrogen-bond donors (Lipinski definition) is 2. The monoisotopic (exact) mass is 280 g/mol. The standard InChI is InChI=1S/C14H24N4O2/c1-3-15-12-9-13(18-14(17-12)10-19-2)16-7-6-11-5-4-8-20-11/h9,11H,3-8,10H2,1-2H3,(H2,15,16,17,18). The molecule has 2 rings (SSSR count). The zero-order valence-electron chi connectivity index (χ0n) is 12.3. The molecule has 0 amide bonds. The summed E-state index contributed by atoms with van der Waals surface area (Å²) in [6, 6.07) is 1.93. The third kappa shape index (κ3) is 4.61. The minimum atomic E-state index is 0.399. The number of hydrogen-bond acceptors (Lipinski definition) is 6. The molecule has 2 heterocycles. The summed E-state index contributed by atoms with van der Waals surface area (Å²) in [5.41, 5.74) is 0. The molecule has 1 aromatic heterocycles. The zero-order chi connectivity index (χ0) is 14.2. The molecule has 2 N–H and O–H groups in total. The van der Waals surface area contributed by atoms with Crippen LogP contribution in [0, 0.1) is 0 Å². The topological polar surface area (TPSA) is 68.3 Å². The van der Waals surface area contributed by atoms with E-state index in [0.29, 0.717) is 18.5 Å². The van der Waals surface area contributed by atoms with Crippen LogP contribution in [0.4, 0.5) is 11.6 Å². The first-order valence-corrected chi connectivity index (χ1v) is 7.28. The van der Waals surface area contributed by atoms with E-state index in [2.05, 4.69) is 20.6 Å². The summed E-state index contributed by atoms with van der Waals surface area (Å²) in [6.07, 6.45) is 3.76. The normalized spacial score (nSPS) is 18.2. The van der Waals surface area contributed by atoms with Crippen LogP contribution in [-0.4, -0.2) is 42.9 Å². The molecule has 0 aromatic carbocycles. The summed E-state index contributed by atoms with van der Waals surface area (Å²) in [7, 11) is 1.65. The van der Waals surface area contributed by atoms with Gasteiger partial charge in [-0.15, -0.1) is 0 Å². The highest BCUT2D eigenvalue weighted by molar-refractivity contribution is 5.47. The molecule has 1 aromatic rings. The lowest BCUT2D eigenvalue weighted by molar-refractivity contribution is 0.107. The van der Waals surface area contributed by atoms with Gasteiger partial charge in [-0.05, 0) is 26.2 Å². The molecule has 6 nitrogen and oxygen atoms in total. The second-order valence-corrected chi connectivity index (χ2v) is 4.87. The van der Waals surface area contributed by atoms with Crippen LogP contribution in [0.2, 0.25) is 0 Å². The van der Waals surface area contributed by atoms with E-state index in [1.54, 1.807) is 7.11 Å². The summed E-state index contributed by atoms with van der Waals surface area (Å²) in [5, 5.41) is 6.55. The predicted molar refractivity (Wildman–Crippen MR) is 79.0 cm³/mol. The Hall–Kier alpha value is -1.40. The van der Waals surface area contributed by atoms with E-state index in [9.17, 15) is 0 Å². The Balaban J connectivity index is 1.90. The number of rotatable bonds is 8. The van der Waals surface area contributed by atoms with Gasteiger partial charge in [0.25, 0.3) is 0 Å². The van der Waals surface area contributed by atoms with Crippen LogP contribution in [0.15, 0.2) is 6.07 Å². The molecule has 1 aliphatic rings. The van der Waals surface area contributed by atoms with Crippen LogP contribution in [0.1, 0.15) is 32.0 Å². The van der Waals surface area contributed by atoms with Crippen molar-refractivity contribution in [1.29, 1.82) is 0 Å². The second kappa shape index (κ2) is 8.01. The van der Waals surface area contributed by atoms with Gasteiger partial charge in [-0.1, -0.05) is 0 Å². The van der Waals surface area contributed by atoms with Gasteiger partial charge in [-0.3, -0.25) is 0 Å². The van der Waals surface area contributed by atoms with Crippen LogP contribution in [0.3, 0.4) is 0 Å². The van der Waals surface area contributed by atoms with Crippen LogP contribution < -0.4 is 10.6 Å². The molecule has 1 saturated heterocycles. The van der Waals surface area contributed by atoms with Gasteiger partial charge in [-0.2, -0.15) is 0 Å². The number of ether oxygens (including phenoxy) is 2. The van der Waals surface area contributed by atoms with Crippen LogP contribution in [-0.2, 0) is 16.1 Å². The molecule has 112 valence electrons. The number of aromatic nitrogens is 2. The van der Waals surface area contributed by atoms with Gasteiger partial charge in [-0.25, -0.2) is 9.97 Å². The molecule has 6 heteroatoms. The fourth-order valence-electron chi connectivity index (χ4n) is 2.29.